The molecule has 0 aliphatic carbocycles. The number of carbonyl (C=O) groups excluding carboxylic acids is 1. The van der Waals surface area contributed by atoms with E-state index < -0.39 is 0 Å². The summed E-state index contributed by atoms with van der Waals surface area (Å²) in [4.78, 5) is 19.2. The molecule has 2 fully saturated rings. The number of aryl methyl sites for hydroxylation is 1. The lowest BCUT2D eigenvalue weighted by Crippen LogP contribution is -2.40. The van der Waals surface area contributed by atoms with Gasteiger partial charge in [-0.2, -0.15) is 10.1 Å². The molecule has 8 nitrogen and oxygen atoms in total. The Morgan fingerprint density at radius 3 is 2.84 bits per heavy atom. The lowest BCUT2D eigenvalue weighted by Gasteiger charge is -2.30. The minimum atomic E-state index is 0.00821. The second-order valence-electron chi connectivity index (χ2n) is 6.81. The Labute approximate surface area is 146 Å². The molecule has 4 heterocycles. The van der Waals surface area contributed by atoms with Crippen molar-refractivity contribution in [2.45, 2.75) is 37.5 Å². The van der Waals surface area contributed by atoms with Gasteiger partial charge in [0.15, 0.2) is 5.82 Å². The lowest BCUT2D eigenvalue weighted by molar-refractivity contribution is 0.0684. The van der Waals surface area contributed by atoms with Gasteiger partial charge in [0.25, 0.3) is 5.91 Å². The number of likely N-dealkylation sites (tertiary alicyclic amines) is 1. The first-order valence-corrected chi connectivity index (χ1v) is 8.91. The van der Waals surface area contributed by atoms with Gasteiger partial charge < -0.3 is 14.2 Å². The first-order chi connectivity index (χ1) is 12.2. The maximum Gasteiger partial charge on any atom is 0.272 e. The molecule has 1 amide bonds. The van der Waals surface area contributed by atoms with E-state index in [-0.39, 0.29) is 11.8 Å². The largest absolute Gasteiger partial charge is 0.381 e. The molecule has 0 bridgehead atoms. The molecule has 2 aliphatic rings. The number of rotatable bonds is 3. The van der Waals surface area contributed by atoms with E-state index in [4.69, 9.17) is 9.26 Å². The van der Waals surface area contributed by atoms with Crippen molar-refractivity contribution in [3.63, 3.8) is 0 Å². The molecule has 25 heavy (non-hydrogen) atoms. The second kappa shape index (κ2) is 6.95. The quantitative estimate of drug-likeness (QED) is 0.842. The van der Waals surface area contributed by atoms with Gasteiger partial charge in [0.2, 0.25) is 5.89 Å². The normalized spacial score (nSPS) is 22.3. The fourth-order valence-electron chi connectivity index (χ4n) is 3.64. The molecule has 0 radical (unpaired) electrons. The molecule has 2 aromatic rings. The van der Waals surface area contributed by atoms with Gasteiger partial charge in [0.1, 0.15) is 5.69 Å². The monoisotopic (exact) mass is 345 g/mol. The third-order valence-electron chi connectivity index (χ3n) is 5.14. The predicted molar refractivity (Wildman–Crippen MR) is 88.2 cm³/mol. The standard InChI is InChI=1S/C17H23N5O3/c1-21-14(4-7-18-21)17(23)22-8-2-3-13(11-22)16-19-15(20-25-16)12-5-9-24-10-6-12/h4,7,12-13H,2-3,5-6,8-11H2,1H3. The summed E-state index contributed by atoms with van der Waals surface area (Å²) >= 11 is 0. The highest BCUT2D eigenvalue weighted by Crippen LogP contribution is 2.30. The van der Waals surface area contributed by atoms with Gasteiger partial charge >= 0.3 is 0 Å². The van der Waals surface area contributed by atoms with Crippen molar-refractivity contribution in [1.29, 1.82) is 0 Å². The van der Waals surface area contributed by atoms with Gasteiger partial charge in [-0.25, -0.2) is 0 Å². The van der Waals surface area contributed by atoms with Gasteiger partial charge in [0.05, 0.1) is 5.92 Å². The van der Waals surface area contributed by atoms with Crippen LogP contribution >= 0.6 is 0 Å². The Kier molecular flexibility index (Phi) is 4.52. The van der Waals surface area contributed by atoms with E-state index >= 15 is 0 Å². The number of aromatic nitrogens is 4. The number of hydrogen-bond donors (Lipinski definition) is 0. The van der Waals surface area contributed by atoms with Crippen molar-refractivity contribution < 1.29 is 14.1 Å². The van der Waals surface area contributed by atoms with Gasteiger partial charge in [-0.1, -0.05) is 5.16 Å². The molecule has 2 aromatic heterocycles. The molecule has 0 aromatic carbocycles. The van der Waals surface area contributed by atoms with E-state index in [2.05, 4.69) is 15.2 Å². The number of amides is 1. The molecular weight excluding hydrogens is 322 g/mol. The zero-order chi connectivity index (χ0) is 17.2. The van der Waals surface area contributed by atoms with Crippen LogP contribution in [-0.4, -0.2) is 57.0 Å². The number of hydrogen-bond acceptors (Lipinski definition) is 6. The molecule has 134 valence electrons. The van der Waals surface area contributed by atoms with Crippen LogP contribution in [0.2, 0.25) is 0 Å². The van der Waals surface area contributed by atoms with Crippen LogP contribution in [0.5, 0.6) is 0 Å². The van der Waals surface area contributed by atoms with Crippen molar-refractivity contribution >= 4 is 5.91 Å². The van der Waals surface area contributed by atoms with Crippen LogP contribution in [-0.2, 0) is 11.8 Å². The zero-order valence-electron chi connectivity index (χ0n) is 14.4. The van der Waals surface area contributed by atoms with Crippen molar-refractivity contribution in [2.24, 2.45) is 7.05 Å². The number of carbonyl (C=O) groups is 1. The number of piperidine rings is 1. The van der Waals surface area contributed by atoms with Gasteiger partial charge in [-0.15, -0.1) is 0 Å². The van der Waals surface area contributed by atoms with Gasteiger partial charge in [0, 0.05) is 45.5 Å². The SMILES string of the molecule is Cn1nccc1C(=O)N1CCCC(c2nc(C3CCOCC3)no2)C1. The third-order valence-corrected chi connectivity index (χ3v) is 5.14. The average molecular weight is 345 g/mol. The summed E-state index contributed by atoms with van der Waals surface area (Å²) in [6.45, 7) is 2.87. The van der Waals surface area contributed by atoms with E-state index in [1.807, 2.05) is 4.90 Å². The van der Waals surface area contributed by atoms with E-state index in [0.717, 1.165) is 51.3 Å². The summed E-state index contributed by atoms with van der Waals surface area (Å²) in [5.41, 5.74) is 0.606. The lowest BCUT2D eigenvalue weighted by atomic mass is 9.97. The summed E-state index contributed by atoms with van der Waals surface area (Å²) in [6, 6.07) is 1.75. The van der Waals surface area contributed by atoms with E-state index in [0.29, 0.717) is 24.0 Å². The Morgan fingerprint density at radius 2 is 2.08 bits per heavy atom. The summed E-state index contributed by atoms with van der Waals surface area (Å²) in [6.07, 6.45) is 5.42. The van der Waals surface area contributed by atoms with E-state index in [9.17, 15) is 4.79 Å². The van der Waals surface area contributed by atoms with Crippen LogP contribution in [0.15, 0.2) is 16.8 Å². The fourth-order valence-corrected chi connectivity index (χ4v) is 3.64. The van der Waals surface area contributed by atoms with Crippen LogP contribution in [0.1, 0.15) is 59.7 Å². The van der Waals surface area contributed by atoms with Crippen LogP contribution in [0.3, 0.4) is 0 Å². The smallest absolute Gasteiger partial charge is 0.272 e. The molecule has 8 heteroatoms. The summed E-state index contributed by atoms with van der Waals surface area (Å²) in [7, 11) is 1.78. The van der Waals surface area contributed by atoms with Gasteiger partial charge in [-0.05, 0) is 31.7 Å². The van der Waals surface area contributed by atoms with E-state index in [1.54, 1.807) is 24.0 Å². The van der Waals surface area contributed by atoms with Crippen molar-refractivity contribution in [3.05, 3.63) is 29.7 Å². The Bertz CT molecular complexity index is 734. The van der Waals surface area contributed by atoms with Gasteiger partial charge in [-0.3, -0.25) is 9.48 Å². The van der Waals surface area contributed by atoms with Crippen LogP contribution in [0.4, 0.5) is 0 Å². The molecule has 1 atom stereocenters. The van der Waals surface area contributed by atoms with Crippen molar-refractivity contribution in [1.82, 2.24) is 24.8 Å². The molecule has 0 N–H and O–H groups in total. The Morgan fingerprint density at radius 1 is 1.24 bits per heavy atom. The minimum absolute atomic E-state index is 0.00821. The molecular formula is C17H23N5O3. The molecule has 2 saturated heterocycles. The first kappa shape index (κ1) is 16.3. The average Bonchev–Trinajstić information content (AvgIpc) is 3.31. The summed E-state index contributed by atoms with van der Waals surface area (Å²) in [5, 5.41) is 8.27. The van der Waals surface area contributed by atoms with Crippen LogP contribution in [0.25, 0.3) is 0 Å². The highest BCUT2D eigenvalue weighted by molar-refractivity contribution is 5.92. The maximum absolute atomic E-state index is 12.7. The minimum Gasteiger partial charge on any atom is -0.381 e. The maximum atomic E-state index is 12.7. The highest BCUT2D eigenvalue weighted by atomic mass is 16.5. The Balaban J connectivity index is 1.45. The zero-order valence-corrected chi connectivity index (χ0v) is 14.4. The highest BCUT2D eigenvalue weighted by Gasteiger charge is 2.31. The predicted octanol–water partition coefficient (Wildman–Crippen LogP) is 1.72. The second-order valence-corrected chi connectivity index (χ2v) is 6.81. The Hall–Kier alpha value is -2.22. The molecule has 2 aliphatic heterocycles. The topological polar surface area (TPSA) is 86.3 Å². The molecule has 4 rings (SSSR count). The van der Waals surface area contributed by atoms with Crippen molar-refractivity contribution in [2.75, 3.05) is 26.3 Å². The van der Waals surface area contributed by atoms with Crippen molar-refractivity contribution in [3.8, 4) is 0 Å². The number of ether oxygens (including phenoxy) is 1. The fraction of sp³-hybridized carbons (Fsp3) is 0.647. The summed E-state index contributed by atoms with van der Waals surface area (Å²) in [5.74, 6) is 1.88. The van der Waals surface area contributed by atoms with Crippen LogP contribution in [0, 0.1) is 0 Å². The third kappa shape index (κ3) is 3.30. The van der Waals surface area contributed by atoms with E-state index in [1.165, 1.54) is 0 Å². The van der Waals surface area contributed by atoms with Crippen LogP contribution < -0.4 is 0 Å². The summed E-state index contributed by atoms with van der Waals surface area (Å²) < 4.78 is 12.5. The first-order valence-electron chi connectivity index (χ1n) is 8.91. The molecule has 0 saturated carbocycles. The molecule has 1 unspecified atom stereocenters. The molecule has 0 spiro atoms. The number of nitrogens with zero attached hydrogens (tertiary/aromatic N) is 5.